The lowest BCUT2D eigenvalue weighted by Gasteiger charge is -2.09. The first-order valence-corrected chi connectivity index (χ1v) is 11.3. The molecule has 1 aromatic carbocycles. The first-order valence-electron chi connectivity index (χ1n) is 10.5. The topological polar surface area (TPSA) is 116 Å². The number of carbonyl (C=O) groups is 1. The number of amides is 1. The summed E-state index contributed by atoms with van der Waals surface area (Å²) in [4.78, 5) is 39.8. The number of anilines is 1. The molecule has 170 valence electrons. The second kappa shape index (κ2) is 8.64. The van der Waals surface area contributed by atoms with E-state index >= 15 is 0 Å². The maximum Gasteiger partial charge on any atom is 0.268 e. The van der Waals surface area contributed by atoms with Crippen LogP contribution in [0.4, 0.5) is 5.69 Å². The van der Waals surface area contributed by atoms with Gasteiger partial charge in [-0.2, -0.15) is 4.98 Å². The number of thiophene rings is 1. The number of aromatic nitrogens is 5. The van der Waals surface area contributed by atoms with Gasteiger partial charge in [-0.1, -0.05) is 11.2 Å². The normalized spacial score (nSPS) is 11.1. The molecule has 34 heavy (non-hydrogen) atoms. The van der Waals surface area contributed by atoms with Gasteiger partial charge in [-0.3, -0.25) is 19.1 Å². The highest BCUT2D eigenvalue weighted by molar-refractivity contribution is 7.22. The number of rotatable bonds is 5. The average molecular weight is 473 g/mol. The van der Waals surface area contributed by atoms with Crippen LogP contribution in [0, 0.1) is 20.8 Å². The van der Waals surface area contributed by atoms with Crippen LogP contribution in [0.15, 0.2) is 58.4 Å². The number of fused-ring (bicyclic) bond motifs is 1. The third-order valence-corrected chi connectivity index (χ3v) is 6.77. The zero-order valence-corrected chi connectivity index (χ0v) is 19.5. The highest BCUT2D eigenvalue weighted by atomic mass is 32.1. The molecule has 0 atom stereocenters. The van der Waals surface area contributed by atoms with Crippen LogP contribution in [-0.2, 0) is 11.3 Å². The van der Waals surface area contributed by atoms with Crippen LogP contribution in [-0.4, -0.2) is 30.6 Å². The minimum Gasteiger partial charge on any atom is -0.333 e. The fraction of sp³-hybridized carbons (Fsp3) is 0.167. The van der Waals surface area contributed by atoms with Gasteiger partial charge in [-0.25, -0.2) is 4.98 Å². The van der Waals surface area contributed by atoms with E-state index in [1.807, 2.05) is 39.0 Å². The number of nitrogens with one attached hydrogen (secondary N) is 1. The summed E-state index contributed by atoms with van der Waals surface area (Å²) in [7, 11) is 0. The molecular weight excluding hydrogens is 452 g/mol. The molecule has 1 N–H and O–H groups in total. The Morgan fingerprint density at radius 3 is 2.68 bits per heavy atom. The number of benzene rings is 1. The highest BCUT2D eigenvalue weighted by Crippen LogP contribution is 2.35. The molecule has 0 spiro atoms. The quantitative estimate of drug-likeness (QED) is 0.409. The largest absolute Gasteiger partial charge is 0.333 e. The van der Waals surface area contributed by atoms with Gasteiger partial charge in [0.2, 0.25) is 11.7 Å². The number of aryl methyl sites for hydroxylation is 3. The van der Waals surface area contributed by atoms with E-state index in [1.165, 1.54) is 22.2 Å². The minimum atomic E-state index is -0.307. The lowest BCUT2D eigenvalue weighted by atomic mass is 10.1. The molecule has 0 bridgehead atoms. The SMILES string of the molecule is Cc1ccc(NC(=O)Cn2cnc3sc(-c4nc(-c5ccncc5)no4)c(C)c3c2=O)cc1C. The molecular formula is C24H20N6O3S. The Bertz CT molecular complexity index is 1590. The second-order valence-electron chi connectivity index (χ2n) is 7.92. The van der Waals surface area contributed by atoms with E-state index in [1.54, 1.807) is 24.5 Å². The van der Waals surface area contributed by atoms with Gasteiger partial charge in [-0.05, 0) is 61.7 Å². The average Bonchev–Trinajstić information content (AvgIpc) is 3.44. The molecule has 5 rings (SSSR count). The second-order valence-corrected chi connectivity index (χ2v) is 8.92. The maximum absolute atomic E-state index is 13.2. The van der Waals surface area contributed by atoms with E-state index < -0.39 is 0 Å². The first-order chi connectivity index (χ1) is 16.4. The van der Waals surface area contributed by atoms with Crippen molar-refractivity contribution in [3.8, 4) is 22.2 Å². The maximum atomic E-state index is 13.2. The van der Waals surface area contributed by atoms with Crippen molar-refractivity contribution in [3.63, 3.8) is 0 Å². The van der Waals surface area contributed by atoms with Crippen LogP contribution in [0.2, 0.25) is 0 Å². The zero-order chi connectivity index (χ0) is 23.8. The van der Waals surface area contributed by atoms with E-state index in [4.69, 9.17) is 4.52 Å². The van der Waals surface area contributed by atoms with E-state index in [2.05, 4.69) is 25.4 Å². The summed E-state index contributed by atoms with van der Waals surface area (Å²) in [6, 6.07) is 9.26. The Balaban J connectivity index is 1.43. The van der Waals surface area contributed by atoms with Crippen LogP contribution in [0.5, 0.6) is 0 Å². The number of hydrogen-bond donors (Lipinski definition) is 1. The van der Waals surface area contributed by atoms with Gasteiger partial charge < -0.3 is 9.84 Å². The summed E-state index contributed by atoms with van der Waals surface area (Å²) >= 11 is 1.30. The lowest BCUT2D eigenvalue weighted by Crippen LogP contribution is -2.27. The van der Waals surface area contributed by atoms with Crippen molar-refractivity contribution < 1.29 is 9.32 Å². The van der Waals surface area contributed by atoms with Crippen LogP contribution >= 0.6 is 11.3 Å². The van der Waals surface area contributed by atoms with Gasteiger partial charge in [-0.15, -0.1) is 11.3 Å². The Morgan fingerprint density at radius 2 is 1.91 bits per heavy atom. The summed E-state index contributed by atoms with van der Waals surface area (Å²) in [6.07, 6.45) is 4.69. The Labute approximate surface area is 198 Å². The van der Waals surface area contributed by atoms with Crippen LogP contribution < -0.4 is 10.9 Å². The standard InChI is InChI=1S/C24H20N6O3S/c1-13-4-5-17(10-14(13)2)27-18(31)11-30-12-26-23-19(24(30)32)15(3)20(34-23)22-28-21(29-33-22)16-6-8-25-9-7-16/h4-10,12H,11H2,1-3H3,(H,27,31). The molecule has 0 aliphatic rings. The summed E-state index contributed by atoms with van der Waals surface area (Å²) < 4.78 is 6.77. The molecule has 5 aromatic rings. The molecule has 0 aliphatic carbocycles. The van der Waals surface area contributed by atoms with Crippen molar-refractivity contribution >= 4 is 33.1 Å². The molecule has 10 heteroatoms. The van der Waals surface area contributed by atoms with Gasteiger partial charge in [0, 0.05) is 23.6 Å². The fourth-order valence-electron chi connectivity index (χ4n) is 3.58. The van der Waals surface area contributed by atoms with Crippen LogP contribution in [0.3, 0.4) is 0 Å². The van der Waals surface area contributed by atoms with Gasteiger partial charge in [0.05, 0.1) is 16.6 Å². The van der Waals surface area contributed by atoms with Crippen molar-refractivity contribution in [3.05, 3.63) is 76.1 Å². The Morgan fingerprint density at radius 1 is 1.12 bits per heavy atom. The van der Waals surface area contributed by atoms with E-state index in [9.17, 15) is 9.59 Å². The Kier molecular flexibility index (Phi) is 5.50. The zero-order valence-electron chi connectivity index (χ0n) is 18.7. The van der Waals surface area contributed by atoms with Gasteiger partial charge in [0.15, 0.2) is 0 Å². The monoisotopic (exact) mass is 472 g/mol. The van der Waals surface area contributed by atoms with Crippen molar-refractivity contribution in [1.29, 1.82) is 0 Å². The number of hydrogen-bond acceptors (Lipinski definition) is 8. The predicted octanol–water partition coefficient (Wildman–Crippen LogP) is 4.13. The van der Waals surface area contributed by atoms with Gasteiger partial charge >= 0.3 is 0 Å². The lowest BCUT2D eigenvalue weighted by molar-refractivity contribution is -0.116. The molecule has 0 radical (unpaired) electrons. The van der Waals surface area contributed by atoms with Gasteiger partial charge in [0.25, 0.3) is 11.4 Å². The van der Waals surface area contributed by atoms with Crippen molar-refractivity contribution in [2.75, 3.05) is 5.32 Å². The number of pyridine rings is 1. The third kappa shape index (κ3) is 3.99. The fourth-order valence-corrected chi connectivity index (χ4v) is 4.65. The Hall–Kier alpha value is -4.18. The van der Waals surface area contributed by atoms with E-state index in [-0.39, 0.29) is 18.0 Å². The molecule has 0 saturated heterocycles. The smallest absolute Gasteiger partial charge is 0.268 e. The molecule has 0 fully saturated rings. The first kappa shape index (κ1) is 21.7. The summed E-state index contributed by atoms with van der Waals surface area (Å²) in [6.45, 7) is 5.65. The van der Waals surface area contributed by atoms with E-state index in [0.29, 0.717) is 38.1 Å². The molecule has 0 aliphatic heterocycles. The molecule has 0 unspecified atom stereocenters. The van der Waals surface area contributed by atoms with Crippen molar-refractivity contribution in [1.82, 2.24) is 24.7 Å². The molecule has 1 amide bonds. The molecule has 9 nitrogen and oxygen atoms in total. The highest BCUT2D eigenvalue weighted by Gasteiger charge is 2.21. The molecule has 4 heterocycles. The van der Waals surface area contributed by atoms with E-state index in [0.717, 1.165) is 16.7 Å². The van der Waals surface area contributed by atoms with Gasteiger partial charge in [0.1, 0.15) is 11.4 Å². The third-order valence-electron chi connectivity index (χ3n) is 5.58. The van der Waals surface area contributed by atoms with Crippen LogP contribution in [0.25, 0.3) is 32.4 Å². The van der Waals surface area contributed by atoms with Crippen LogP contribution in [0.1, 0.15) is 16.7 Å². The summed E-state index contributed by atoms with van der Waals surface area (Å²) in [5.41, 5.74) is 4.07. The number of nitrogens with zero attached hydrogens (tertiary/aromatic N) is 5. The van der Waals surface area contributed by atoms with Crippen molar-refractivity contribution in [2.45, 2.75) is 27.3 Å². The molecule has 4 aromatic heterocycles. The summed E-state index contributed by atoms with van der Waals surface area (Å²) in [5.74, 6) is 0.437. The molecule has 0 saturated carbocycles. The number of carbonyl (C=O) groups excluding carboxylic acids is 1. The van der Waals surface area contributed by atoms with Crippen molar-refractivity contribution in [2.24, 2.45) is 0 Å². The predicted molar refractivity (Wildman–Crippen MR) is 130 cm³/mol. The minimum absolute atomic E-state index is 0.147. The summed E-state index contributed by atoms with van der Waals surface area (Å²) in [5, 5.41) is 7.31.